The van der Waals surface area contributed by atoms with E-state index in [4.69, 9.17) is 5.73 Å². The van der Waals surface area contributed by atoms with Crippen LogP contribution in [0.2, 0.25) is 0 Å². The third-order valence-electron chi connectivity index (χ3n) is 2.67. The van der Waals surface area contributed by atoms with Crippen LogP contribution < -0.4 is 15.0 Å². The maximum Gasteiger partial charge on any atom is 0.573 e. The number of hydrogen-bond acceptors (Lipinski definition) is 3. The molecule has 1 aromatic carbocycles. The summed E-state index contributed by atoms with van der Waals surface area (Å²) in [5.41, 5.74) is 6.73. The number of ether oxygens (including phenoxy) is 1. The average molecular weight is 291 g/mol. The lowest BCUT2D eigenvalue weighted by molar-refractivity contribution is -0.653. The van der Waals surface area contributed by atoms with Crippen molar-refractivity contribution in [3.63, 3.8) is 0 Å². The number of aryl methyl sites for hydroxylation is 1. The summed E-state index contributed by atoms with van der Waals surface area (Å²) in [6.07, 6.45) is -2.67. The third-order valence-corrected chi connectivity index (χ3v) is 3.65. The number of hydrogen-bond donors (Lipinski definition) is 1. The van der Waals surface area contributed by atoms with Gasteiger partial charge in [-0.3, -0.25) is 5.73 Å². The van der Waals surface area contributed by atoms with E-state index >= 15 is 0 Å². The second kappa shape index (κ2) is 5.24. The Labute approximate surface area is 112 Å². The standard InChI is InChI=1S/C12H13F3N2OS/c1-2-3-6-17-9-5-4-8(18-12(13,14)15)7-10(9)19-11(17)16/h4-5,7,16H,2-3,6H2,1H3/p+1. The number of alkyl halides is 3. The Bertz CT molecular complexity index is 580. The van der Waals surface area contributed by atoms with Gasteiger partial charge >= 0.3 is 11.5 Å². The second-order valence-corrected chi connectivity index (χ2v) is 5.19. The molecule has 7 heteroatoms. The van der Waals surface area contributed by atoms with E-state index in [1.54, 1.807) is 6.07 Å². The molecule has 1 heterocycles. The zero-order valence-corrected chi connectivity index (χ0v) is 11.1. The molecule has 0 atom stereocenters. The largest absolute Gasteiger partial charge is 0.573 e. The monoisotopic (exact) mass is 291 g/mol. The fourth-order valence-corrected chi connectivity index (χ4v) is 2.81. The second-order valence-electron chi connectivity index (χ2n) is 4.12. The number of anilines is 1. The molecule has 3 nitrogen and oxygen atoms in total. The Morgan fingerprint density at radius 3 is 2.74 bits per heavy atom. The quantitative estimate of drug-likeness (QED) is 0.876. The maximum absolute atomic E-state index is 12.1. The highest BCUT2D eigenvalue weighted by molar-refractivity contribution is 7.21. The summed E-state index contributed by atoms with van der Waals surface area (Å²) in [6, 6.07) is 4.29. The van der Waals surface area contributed by atoms with Crippen LogP contribution in [0, 0.1) is 0 Å². The number of thiazole rings is 1. The molecule has 2 N–H and O–H groups in total. The fraction of sp³-hybridized carbons (Fsp3) is 0.417. The molecule has 2 rings (SSSR count). The zero-order chi connectivity index (χ0) is 14.0. The van der Waals surface area contributed by atoms with Gasteiger partial charge in [0, 0.05) is 6.07 Å². The fourth-order valence-electron chi connectivity index (χ4n) is 1.83. The number of fused-ring (bicyclic) bond motifs is 1. The Morgan fingerprint density at radius 1 is 1.37 bits per heavy atom. The summed E-state index contributed by atoms with van der Waals surface area (Å²) in [4.78, 5) is 0. The Balaban J connectivity index is 2.35. The first-order valence-corrected chi connectivity index (χ1v) is 6.70. The molecule has 0 aliphatic carbocycles. The van der Waals surface area contributed by atoms with Gasteiger partial charge in [0.15, 0.2) is 0 Å². The van der Waals surface area contributed by atoms with E-state index in [2.05, 4.69) is 11.7 Å². The molecule has 19 heavy (non-hydrogen) atoms. The van der Waals surface area contributed by atoms with Gasteiger partial charge in [0.25, 0.3) is 0 Å². The molecule has 0 amide bonds. The molecule has 0 aliphatic rings. The van der Waals surface area contributed by atoms with Crippen molar-refractivity contribution in [1.82, 2.24) is 0 Å². The number of nitrogens with zero attached hydrogens (tertiary/aromatic N) is 1. The van der Waals surface area contributed by atoms with Crippen LogP contribution in [0.3, 0.4) is 0 Å². The SMILES string of the molecule is CCCC[n+]1c(N)sc2cc(OC(F)(F)F)ccc21. The number of unbranched alkanes of at least 4 members (excludes halogenated alkanes) is 1. The van der Waals surface area contributed by atoms with Crippen molar-refractivity contribution in [1.29, 1.82) is 0 Å². The van der Waals surface area contributed by atoms with Crippen molar-refractivity contribution in [2.45, 2.75) is 32.7 Å². The van der Waals surface area contributed by atoms with Crippen molar-refractivity contribution in [3.05, 3.63) is 18.2 Å². The highest BCUT2D eigenvalue weighted by Crippen LogP contribution is 2.29. The smallest absolute Gasteiger partial charge is 0.406 e. The third kappa shape index (κ3) is 3.28. The zero-order valence-electron chi connectivity index (χ0n) is 10.3. The molecule has 0 radical (unpaired) electrons. The van der Waals surface area contributed by atoms with Gasteiger partial charge in [-0.2, -0.15) is 0 Å². The molecule has 1 aromatic heterocycles. The normalized spacial score (nSPS) is 12.0. The van der Waals surface area contributed by atoms with Crippen LogP contribution in [-0.2, 0) is 6.54 Å². The molecule has 0 saturated heterocycles. The summed E-state index contributed by atoms with van der Waals surface area (Å²) in [6.45, 7) is 2.84. The summed E-state index contributed by atoms with van der Waals surface area (Å²) >= 11 is 1.26. The molecule has 0 spiro atoms. The number of aromatic nitrogens is 1. The van der Waals surface area contributed by atoms with Crippen LogP contribution in [-0.4, -0.2) is 6.36 Å². The van der Waals surface area contributed by atoms with E-state index in [0.717, 1.165) is 24.9 Å². The number of rotatable bonds is 4. The average Bonchev–Trinajstić information content (AvgIpc) is 2.59. The Kier molecular flexibility index (Phi) is 3.84. The topological polar surface area (TPSA) is 39.1 Å². The number of halogens is 3. The predicted molar refractivity (Wildman–Crippen MR) is 68.0 cm³/mol. The van der Waals surface area contributed by atoms with Crippen LogP contribution in [0.1, 0.15) is 19.8 Å². The molecule has 2 aromatic rings. The van der Waals surface area contributed by atoms with Crippen molar-refractivity contribution < 1.29 is 22.5 Å². The van der Waals surface area contributed by atoms with Crippen LogP contribution in [0.15, 0.2) is 18.2 Å². The molecule has 0 fully saturated rings. The molecule has 0 aliphatic heterocycles. The number of nitrogens with two attached hydrogens (primary N) is 1. The molecule has 0 bridgehead atoms. The summed E-state index contributed by atoms with van der Waals surface area (Å²) in [5, 5.41) is 0.590. The minimum atomic E-state index is -4.67. The van der Waals surface area contributed by atoms with Gasteiger partial charge in [-0.15, -0.1) is 13.2 Å². The first-order chi connectivity index (χ1) is 8.90. The minimum Gasteiger partial charge on any atom is -0.406 e. The summed E-state index contributed by atoms with van der Waals surface area (Å²) in [5.74, 6) is -0.219. The molecular weight excluding hydrogens is 277 g/mol. The van der Waals surface area contributed by atoms with Crippen LogP contribution in [0.4, 0.5) is 18.3 Å². The van der Waals surface area contributed by atoms with Gasteiger partial charge in [0.2, 0.25) is 0 Å². The van der Waals surface area contributed by atoms with Crippen molar-refractivity contribution >= 4 is 26.7 Å². The van der Waals surface area contributed by atoms with Crippen molar-refractivity contribution in [3.8, 4) is 5.75 Å². The highest BCUT2D eigenvalue weighted by Gasteiger charge is 2.31. The lowest BCUT2D eigenvalue weighted by Crippen LogP contribution is -2.35. The van der Waals surface area contributed by atoms with Crippen molar-refractivity contribution in [2.75, 3.05) is 5.73 Å². The van der Waals surface area contributed by atoms with Gasteiger partial charge in [-0.05, 0) is 29.9 Å². The molecule has 0 saturated carbocycles. The van der Waals surface area contributed by atoms with E-state index in [1.807, 2.05) is 4.57 Å². The van der Waals surface area contributed by atoms with Crippen LogP contribution in [0.5, 0.6) is 5.75 Å². The van der Waals surface area contributed by atoms with E-state index < -0.39 is 6.36 Å². The number of nitrogen functional groups attached to an aromatic ring is 1. The van der Waals surface area contributed by atoms with Gasteiger partial charge < -0.3 is 4.74 Å². The number of benzene rings is 1. The van der Waals surface area contributed by atoms with E-state index in [0.29, 0.717) is 9.83 Å². The van der Waals surface area contributed by atoms with Crippen molar-refractivity contribution in [2.24, 2.45) is 0 Å². The molecular formula is C12H14F3N2OS+. The summed E-state index contributed by atoms with van der Waals surface area (Å²) in [7, 11) is 0. The van der Waals surface area contributed by atoms with Crippen LogP contribution in [0.25, 0.3) is 10.2 Å². The van der Waals surface area contributed by atoms with Gasteiger partial charge in [-0.1, -0.05) is 13.3 Å². The molecule has 0 unspecified atom stereocenters. The first kappa shape index (κ1) is 13.9. The van der Waals surface area contributed by atoms with E-state index in [9.17, 15) is 13.2 Å². The lowest BCUT2D eigenvalue weighted by Gasteiger charge is -2.08. The predicted octanol–water partition coefficient (Wildman–Crippen LogP) is 3.47. The van der Waals surface area contributed by atoms with Crippen LogP contribution >= 0.6 is 11.3 Å². The summed E-state index contributed by atoms with van der Waals surface area (Å²) < 4.78 is 42.9. The Morgan fingerprint density at radius 2 is 2.11 bits per heavy atom. The highest BCUT2D eigenvalue weighted by atomic mass is 32.1. The first-order valence-electron chi connectivity index (χ1n) is 5.88. The molecule has 104 valence electrons. The maximum atomic E-state index is 12.1. The van der Waals surface area contributed by atoms with E-state index in [1.165, 1.54) is 23.5 Å². The van der Waals surface area contributed by atoms with Gasteiger partial charge in [0.1, 0.15) is 11.3 Å². The van der Waals surface area contributed by atoms with Gasteiger partial charge in [0.05, 0.1) is 11.2 Å². The lowest BCUT2D eigenvalue weighted by atomic mass is 10.3. The minimum absolute atomic E-state index is 0.219. The van der Waals surface area contributed by atoms with Gasteiger partial charge in [-0.25, -0.2) is 4.57 Å². The Hall–Kier alpha value is -1.50. The van der Waals surface area contributed by atoms with E-state index in [-0.39, 0.29) is 5.75 Å².